The molecule has 0 atom stereocenters. The van der Waals surface area contributed by atoms with Gasteiger partial charge in [-0.25, -0.2) is 0 Å². The van der Waals surface area contributed by atoms with E-state index in [1.165, 1.54) is 6.92 Å². The van der Waals surface area contributed by atoms with Crippen LogP contribution < -0.4 is 18.4 Å². The zero-order valence-electron chi connectivity index (χ0n) is 17.5. The molecule has 0 aliphatic carbocycles. The first-order chi connectivity index (χ1) is 15.5. The number of rotatable bonds is 10. The van der Waals surface area contributed by atoms with Gasteiger partial charge in [-0.3, -0.25) is 4.79 Å². The molecule has 3 rings (SSSR count). The molecule has 0 bridgehead atoms. The van der Waals surface area contributed by atoms with Crippen molar-refractivity contribution in [3.05, 3.63) is 81.3 Å². The summed E-state index contributed by atoms with van der Waals surface area (Å²) in [6.07, 6.45) is 0. The molecule has 0 spiro atoms. The Morgan fingerprint density at radius 1 is 1.03 bits per heavy atom. The van der Waals surface area contributed by atoms with Gasteiger partial charge in [0.25, 0.3) is 0 Å². The normalized spacial score (nSPS) is 10.6. The van der Waals surface area contributed by atoms with E-state index in [9.17, 15) is 4.79 Å². The Kier molecular flexibility index (Phi) is 9.65. The van der Waals surface area contributed by atoms with Crippen molar-refractivity contribution >= 4 is 56.4 Å². The number of carbonyl (C=O) groups excluding carboxylic acids is 1. The van der Waals surface area contributed by atoms with Crippen molar-refractivity contribution in [3.8, 4) is 22.6 Å². The molecule has 32 heavy (non-hydrogen) atoms. The van der Waals surface area contributed by atoms with E-state index < -0.39 is 0 Å². The Morgan fingerprint density at radius 2 is 1.81 bits per heavy atom. The fourth-order valence-corrected chi connectivity index (χ4v) is 4.39. The third kappa shape index (κ3) is 6.84. The van der Waals surface area contributed by atoms with Crippen molar-refractivity contribution in [2.45, 2.75) is 20.1 Å². The molecule has 5 nitrogen and oxygen atoms in total. The molecule has 0 saturated carbocycles. The topological polar surface area (TPSA) is 59.6 Å². The van der Waals surface area contributed by atoms with Crippen LogP contribution in [0.1, 0.15) is 18.1 Å². The maximum Gasteiger partial charge on any atom is 0.216 e. The Balaban J connectivity index is 1.68. The zero-order valence-corrected chi connectivity index (χ0v) is 22.0. The average molecular weight is 630 g/mol. The van der Waals surface area contributed by atoms with E-state index in [0.717, 1.165) is 26.7 Å². The Bertz CT molecular complexity index is 1070. The van der Waals surface area contributed by atoms with Crippen LogP contribution in [0.2, 0.25) is 5.02 Å². The van der Waals surface area contributed by atoms with E-state index >= 15 is 0 Å². The molecule has 168 valence electrons. The number of halogens is 3. The molecule has 3 aromatic rings. The zero-order chi connectivity index (χ0) is 22.9. The largest absolute Gasteiger partial charge is 0.487 e. The van der Waals surface area contributed by atoms with Crippen molar-refractivity contribution in [3.63, 3.8) is 0 Å². The van der Waals surface area contributed by atoms with E-state index in [2.05, 4.69) is 44.8 Å². The molecule has 3 aromatic carbocycles. The van der Waals surface area contributed by atoms with E-state index in [0.29, 0.717) is 42.8 Å². The third-order valence-corrected chi connectivity index (χ3v) is 6.44. The maximum absolute atomic E-state index is 10.9. The molecule has 2 N–H and O–H groups in total. The summed E-state index contributed by atoms with van der Waals surface area (Å²) in [5.74, 6) is 1.18. The molecular formula is C24H23BrClIN2O3. The highest BCUT2D eigenvalue weighted by Crippen LogP contribution is 2.36. The summed E-state index contributed by atoms with van der Waals surface area (Å²) < 4.78 is 12.5. The first-order valence-corrected chi connectivity index (χ1v) is 12.1. The highest BCUT2D eigenvalue weighted by molar-refractivity contribution is 14.1. The van der Waals surface area contributed by atoms with Gasteiger partial charge in [0.15, 0.2) is 23.0 Å². The predicted octanol–water partition coefficient (Wildman–Crippen LogP) is 6.30. The van der Waals surface area contributed by atoms with Crippen molar-refractivity contribution in [2.75, 3.05) is 13.1 Å². The summed E-state index contributed by atoms with van der Waals surface area (Å²) in [5, 5.41) is 6.52. The second-order valence-corrected chi connectivity index (χ2v) is 8.70. The van der Waals surface area contributed by atoms with Crippen LogP contribution in [0.15, 0.2) is 65.1 Å². The standard InChI is InChI=1S/C24H23BrClIN2O3/c1-16(30)29-11-10-28-14-19-12-21(26)23(13-22(19)32-27)31-15-18-8-5-9-20(24(18)25)17-6-3-2-4-7-17/h2-9,12-13,28H,10-11,14-15H2,1H3,(H,29,30). The van der Waals surface area contributed by atoms with Crippen LogP contribution >= 0.6 is 50.5 Å². The minimum absolute atomic E-state index is 0.0476. The molecule has 1 amide bonds. The number of hydrogen-bond donors (Lipinski definition) is 2. The van der Waals surface area contributed by atoms with Crippen LogP contribution in [0.4, 0.5) is 0 Å². The van der Waals surface area contributed by atoms with Crippen molar-refractivity contribution in [1.82, 2.24) is 10.6 Å². The van der Waals surface area contributed by atoms with Crippen molar-refractivity contribution < 1.29 is 12.6 Å². The van der Waals surface area contributed by atoms with Crippen molar-refractivity contribution in [1.29, 1.82) is 0 Å². The van der Waals surface area contributed by atoms with Gasteiger partial charge in [-0.1, -0.05) is 60.1 Å². The van der Waals surface area contributed by atoms with Gasteiger partial charge in [-0.05, 0) is 33.1 Å². The van der Waals surface area contributed by atoms with Gasteiger partial charge in [0.2, 0.25) is 5.91 Å². The van der Waals surface area contributed by atoms with Crippen molar-refractivity contribution in [2.24, 2.45) is 0 Å². The second-order valence-electron chi connectivity index (χ2n) is 7.06. The molecule has 0 fully saturated rings. The molecule has 0 unspecified atom stereocenters. The Hall–Kier alpha value is -1.81. The highest BCUT2D eigenvalue weighted by Gasteiger charge is 2.13. The van der Waals surface area contributed by atoms with Gasteiger partial charge < -0.3 is 18.4 Å². The molecule has 0 aliphatic rings. The number of ether oxygens (including phenoxy) is 1. The monoisotopic (exact) mass is 628 g/mol. The maximum atomic E-state index is 10.9. The van der Waals surface area contributed by atoms with Crippen LogP contribution in [0, 0.1) is 0 Å². The number of nitrogens with one attached hydrogen (secondary N) is 2. The number of benzene rings is 3. The van der Waals surface area contributed by atoms with Gasteiger partial charge in [0.1, 0.15) is 18.1 Å². The number of amides is 1. The summed E-state index contributed by atoms with van der Waals surface area (Å²) in [5.41, 5.74) is 4.17. The van der Waals surface area contributed by atoms with Crippen LogP contribution in [-0.2, 0) is 17.9 Å². The van der Waals surface area contributed by atoms with Gasteiger partial charge >= 0.3 is 0 Å². The van der Waals surface area contributed by atoms with E-state index in [-0.39, 0.29) is 5.91 Å². The minimum Gasteiger partial charge on any atom is -0.487 e. The number of carbonyl (C=O) groups is 1. The first-order valence-electron chi connectivity index (χ1n) is 10.0. The Labute approximate surface area is 215 Å². The quantitative estimate of drug-likeness (QED) is 0.204. The molecule has 0 aliphatic heterocycles. The van der Waals surface area contributed by atoms with E-state index in [4.69, 9.17) is 19.4 Å². The lowest BCUT2D eigenvalue weighted by molar-refractivity contribution is -0.118. The Morgan fingerprint density at radius 3 is 2.53 bits per heavy atom. The lowest BCUT2D eigenvalue weighted by Crippen LogP contribution is -2.29. The summed E-state index contributed by atoms with van der Waals surface area (Å²) >= 11 is 12.1. The SMILES string of the molecule is CC(=O)NCCNCc1cc(Cl)c(OCc2cccc(-c3ccccc3)c2Br)cc1OI. The molecule has 0 saturated heterocycles. The molecule has 0 heterocycles. The molecule has 0 aromatic heterocycles. The fraction of sp³-hybridized carbons (Fsp3) is 0.208. The second kappa shape index (κ2) is 12.4. The van der Waals surface area contributed by atoms with Gasteiger partial charge in [-0.15, -0.1) is 0 Å². The lowest BCUT2D eigenvalue weighted by atomic mass is 10.0. The van der Waals surface area contributed by atoms with Crippen LogP contribution in [-0.4, -0.2) is 19.0 Å². The first kappa shape index (κ1) is 24.8. The molecular weight excluding hydrogens is 607 g/mol. The summed E-state index contributed by atoms with van der Waals surface area (Å²) in [6, 6.07) is 19.9. The molecule has 0 radical (unpaired) electrons. The van der Waals surface area contributed by atoms with Gasteiger partial charge in [0, 0.05) is 48.2 Å². The van der Waals surface area contributed by atoms with Crippen LogP contribution in [0.25, 0.3) is 11.1 Å². The van der Waals surface area contributed by atoms with E-state index in [1.54, 1.807) is 6.07 Å². The van der Waals surface area contributed by atoms with Crippen LogP contribution in [0.3, 0.4) is 0 Å². The predicted molar refractivity (Wildman–Crippen MR) is 140 cm³/mol. The summed E-state index contributed by atoms with van der Waals surface area (Å²) in [4.78, 5) is 10.9. The summed E-state index contributed by atoms with van der Waals surface area (Å²) in [7, 11) is 0. The van der Waals surface area contributed by atoms with Gasteiger partial charge in [0.05, 0.1) is 5.02 Å². The van der Waals surface area contributed by atoms with Crippen LogP contribution in [0.5, 0.6) is 11.5 Å². The lowest BCUT2D eigenvalue weighted by Gasteiger charge is -2.15. The summed E-state index contributed by atoms with van der Waals surface area (Å²) in [6.45, 7) is 3.61. The number of hydrogen-bond acceptors (Lipinski definition) is 4. The third-order valence-electron chi connectivity index (χ3n) is 4.74. The highest BCUT2D eigenvalue weighted by atomic mass is 127. The van der Waals surface area contributed by atoms with Gasteiger partial charge in [-0.2, -0.15) is 0 Å². The van der Waals surface area contributed by atoms with E-state index in [1.807, 2.05) is 59.4 Å². The smallest absolute Gasteiger partial charge is 0.216 e. The average Bonchev–Trinajstić information content (AvgIpc) is 2.79. The minimum atomic E-state index is -0.0476. The fourth-order valence-electron chi connectivity index (χ4n) is 3.13. The molecule has 8 heteroatoms.